The van der Waals surface area contributed by atoms with Crippen LogP contribution in [0.3, 0.4) is 0 Å². The fourth-order valence-corrected chi connectivity index (χ4v) is 8.27. The monoisotopic (exact) mass is 818 g/mol. The van der Waals surface area contributed by atoms with Crippen LogP contribution in [0, 0.1) is 11.3 Å². The molecule has 1 unspecified atom stereocenters. The van der Waals surface area contributed by atoms with Crippen LogP contribution in [0.2, 0.25) is 0 Å². The van der Waals surface area contributed by atoms with Gasteiger partial charge in [0.15, 0.2) is 5.13 Å². The molecule has 0 radical (unpaired) electrons. The number of nitrogens with zero attached hydrogens (tertiary/aromatic N) is 4. The molecule has 17 heteroatoms. The van der Waals surface area contributed by atoms with Gasteiger partial charge in [0.05, 0.1) is 37.5 Å². The highest BCUT2D eigenvalue weighted by atomic mass is 32.1. The van der Waals surface area contributed by atoms with Gasteiger partial charge in [-0.1, -0.05) is 26.8 Å². The van der Waals surface area contributed by atoms with E-state index in [0.717, 1.165) is 18.0 Å². The number of ether oxygens (including phenoxy) is 2. The number of nitrogens with one attached hydrogen (secondary N) is 4. The van der Waals surface area contributed by atoms with Crippen molar-refractivity contribution in [2.24, 2.45) is 11.3 Å². The summed E-state index contributed by atoms with van der Waals surface area (Å²) in [4.78, 5) is 78.7. The lowest BCUT2D eigenvalue weighted by molar-refractivity contribution is -0.145. The first-order valence-electron chi connectivity index (χ1n) is 19.7. The Morgan fingerprint density at radius 1 is 1.14 bits per heavy atom. The van der Waals surface area contributed by atoms with Crippen LogP contribution in [0.5, 0.6) is 11.5 Å². The first-order chi connectivity index (χ1) is 27.5. The van der Waals surface area contributed by atoms with Crippen molar-refractivity contribution in [1.82, 2.24) is 35.7 Å². The molecule has 1 saturated carbocycles. The van der Waals surface area contributed by atoms with Crippen molar-refractivity contribution < 1.29 is 38.6 Å². The number of fused-ring (bicyclic) bond motifs is 1. The van der Waals surface area contributed by atoms with Gasteiger partial charge in [-0.3, -0.25) is 14.4 Å². The van der Waals surface area contributed by atoms with Crippen molar-refractivity contribution in [3.63, 3.8) is 0 Å². The summed E-state index contributed by atoms with van der Waals surface area (Å²) in [6.45, 7) is 14.2. The molecule has 6 rings (SSSR count). The maximum absolute atomic E-state index is 14.0. The van der Waals surface area contributed by atoms with E-state index < -0.39 is 65.4 Å². The van der Waals surface area contributed by atoms with Crippen molar-refractivity contribution >= 4 is 57.1 Å². The number of likely N-dealkylation sites (tertiary alicyclic amines) is 2. The molecular weight excluding hydrogens is 765 g/mol. The second-order valence-electron chi connectivity index (χ2n) is 16.6. The molecule has 1 aromatic carbocycles. The molecule has 3 aliphatic rings. The minimum absolute atomic E-state index is 0.0265. The number of aromatic nitrogens is 2. The average molecular weight is 819 g/mol. The number of urea groups is 1. The highest BCUT2D eigenvalue weighted by Crippen LogP contribution is 2.45. The van der Waals surface area contributed by atoms with Crippen molar-refractivity contribution in [3.8, 4) is 22.9 Å². The summed E-state index contributed by atoms with van der Waals surface area (Å²) < 4.78 is 12.1. The molecule has 5 N–H and O–H groups in total. The quantitative estimate of drug-likeness (QED) is 0.136. The summed E-state index contributed by atoms with van der Waals surface area (Å²) >= 11 is 1.45. The highest BCUT2D eigenvalue weighted by molar-refractivity contribution is 7.14. The van der Waals surface area contributed by atoms with Gasteiger partial charge in [0, 0.05) is 60.8 Å². The molecule has 312 valence electrons. The number of rotatable bonds is 15. The van der Waals surface area contributed by atoms with E-state index in [2.05, 4.69) is 27.8 Å². The highest BCUT2D eigenvalue weighted by Gasteiger charge is 2.61. The minimum atomic E-state index is -1.52. The van der Waals surface area contributed by atoms with Crippen molar-refractivity contribution in [2.75, 3.05) is 38.6 Å². The predicted octanol–water partition coefficient (Wildman–Crippen LogP) is 4.41. The number of benzene rings is 1. The molecule has 3 fully saturated rings. The Bertz CT molecular complexity index is 2070. The zero-order valence-corrected chi connectivity index (χ0v) is 34.7. The lowest BCUT2D eigenvalue weighted by Gasteiger charge is -2.37. The van der Waals surface area contributed by atoms with Crippen LogP contribution in [0.1, 0.15) is 66.7 Å². The summed E-state index contributed by atoms with van der Waals surface area (Å²) in [6.07, 6.45) is 3.24. The van der Waals surface area contributed by atoms with E-state index >= 15 is 0 Å². The van der Waals surface area contributed by atoms with Gasteiger partial charge < -0.3 is 45.6 Å². The van der Waals surface area contributed by atoms with Gasteiger partial charge in [-0.15, -0.1) is 17.9 Å². The van der Waals surface area contributed by atoms with Gasteiger partial charge in [0.2, 0.25) is 17.7 Å². The van der Waals surface area contributed by atoms with Crippen molar-refractivity contribution in [3.05, 3.63) is 42.3 Å². The first kappa shape index (κ1) is 42.2. The van der Waals surface area contributed by atoms with Crippen LogP contribution >= 0.6 is 11.3 Å². The molecule has 3 aromatic rings. The second-order valence-corrected chi connectivity index (χ2v) is 17.5. The molecule has 4 heterocycles. The molecule has 5 amide bonds. The molecule has 2 aliphatic heterocycles. The molecule has 2 aromatic heterocycles. The molecule has 5 atom stereocenters. The van der Waals surface area contributed by atoms with E-state index in [-0.39, 0.29) is 31.3 Å². The van der Waals surface area contributed by atoms with Gasteiger partial charge in [0.25, 0.3) is 0 Å². The second kappa shape index (κ2) is 17.2. The number of carbonyl (C=O) groups excluding carboxylic acids is 4. The predicted molar refractivity (Wildman–Crippen MR) is 220 cm³/mol. The third-order valence-electron chi connectivity index (χ3n) is 10.9. The summed E-state index contributed by atoms with van der Waals surface area (Å²) in [5.41, 5.74) is -0.162. The third kappa shape index (κ3) is 9.46. The number of carbonyl (C=O) groups is 5. The Kier molecular flexibility index (Phi) is 12.5. The maximum Gasteiger partial charge on any atom is 0.330 e. The third-order valence-corrected chi connectivity index (χ3v) is 11.7. The SMILES string of the molecule is C=CC1C[C@]1(NC(=O)[C@@H]1C[C@@H](Oc2cc(-c3csc(NC(C)C)n3)nc3cc(OC)ccc23)CN1C(=O)CNC(=O)N[C@H](CN1CCCCC1=O)C(C)(C)C)C(=O)O. The van der Waals surface area contributed by atoms with Crippen LogP contribution in [0.4, 0.5) is 9.93 Å². The maximum atomic E-state index is 14.0. The number of carboxylic acid groups (broad SMARTS) is 1. The Labute approximate surface area is 342 Å². The number of hydrogen-bond donors (Lipinski definition) is 5. The smallest absolute Gasteiger partial charge is 0.330 e. The fourth-order valence-electron chi connectivity index (χ4n) is 7.42. The van der Waals surface area contributed by atoms with Crippen LogP contribution < -0.4 is 30.7 Å². The number of thiazole rings is 1. The summed E-state index contributed by atoms with van der Waals surface area (Å²) in [6, 6.07) is 5.24. The number of methoxy groups -OCH3 is 1. The normalized spacial score (nSPS) is 22.3. The minimum Gasteiger partial charge on any atom is -0.497 e. The van der Waals surface area contributed by atoms with Gasteiger partial charge in [-0.05, 0) is 50.7 Å². The molecule has 2 saturated heterocycles. The zero-order chi connectivity index (χ0) is 41.9. The van der Waals surface area contributed by atoms with Crippen LogP contribution in [-0.4, -0.2) is 118 Å². The topological polar surface area (TPSA) is 204 Å². The van der Waals surface area contributed by atoms with E-state index in [1.54, 1.807) is 30.2 Å². The first-order valence-corrected chi connectivity index (χ1v) is 20.6. The van der Waals surface area contributed by atoms with E-state index in [0.29, 0.717) is 53.3 Å². The zero-order valence-electron chi connectivity index (χ0n) is 33.9. The van der Waals surface area contributed by atoms with Crippen LogP contribution in [0.15, 0.2) is 42.3 Å². The van der Waals surface area contributed by atoms with E-state index in [9.17, 15) is 29.1 Å². The Hall–Kier alpha value is -5.45. The number of piperidine rings is 1. The van der Waals surface area contributed by atoms with Gasteiger partial charge in [-0.2, -0.15) is 0 Å². The fraction of sp³-hybridized carbons (Fsp3) is 0.537. The van der Waals surface area contributed by atoms with E-state index in [4.69, 9.17) is 19.4 Å². The summed E-state index contributed by atoms with van der Waals surface area (Å²) in [5.74, 6) is -1.77. The summed E-state index contributed by atoms with van der Waals surface area (Å²) in [5, 5.41) is 24.9. The van der Waals surface area contributed by atoms with Gasteiger partial charge >= 0.3 is 12.0 Å². The van der Waals surface area contributed by atoms with Crippen LogP contribution in [0.25, 0.3) is 22.3 Å². The lowest BCUT2D eigenvalue weighted by atomic mass is 9.86. The summed E-state index contributed by atoms with van der Waals surface area (Å²) in [7, 11) is 1.56. The standard InChI is InChI=1S/C41H54N8O8S/c1-8-24-18-41(24,37(53)54)47-36(52)31-16-26(20-49(31)35(51)19-42-38(55)46-33(40(4,5)6)21-48-14-10-9-11-34(48)50)57-32-17-29(30-22-58-39(45-30)43-23(2)3)44-28-15-25(56-7)12-13-27(28)32/h8,12-13,15,17,22-24,26,31,33H,1,9-11,14,16,18-21H2,2-7H3,(H,43,45)(H,47,52)(H,53,54)(H2,42,46,55)/t24?,26-,31+,33-,41-/m1/s1. The Morgan fingerprint density at radius 3 is 2.57 bits per heavy atom. The average Bonchev–Trinajstić information content (AvgIpc) is 3.44. The van der Waals surface area contributed by atoms with E-state index in [1.807, 2.05) is 46.1 Å². The molecule has 58 heavy (non-hydrogen) atoms. The van der Waals surface area contributed by atoms with Crippen molar-refractivity contribution in [1.29, 1.82) is 0 Å². The number of anilines is 1. The van der Waals surface area contributed by atoms with Gasteiger partial charge in [-0.25, -0.2) is 19.6 Å². The number of aliphatic carboxylic acids is 1. The Morgan fingerprint density at radius 2 is 1.91 bits per heavy atom. The van der Waals surface area contributed by atoms with E-state index in [1.165, 1.54) is 22.3 Å². The molecule has 16 nitrogen and oxygen atoms in total. The molecule has 1 aliphatic carbocycles. The number of amides is 5. The largest absolute Gasteiger partial charge is 0.497 e. The van der Waals surface area contributed by atoms with Gasteiger partial charge in [0.1, 0.15) is 34.9 Å². The number of carboxylic acids is 1. The molecule has 0 bridgehead atoms. The molecular formula is C41H54N8O8S. The Balaban J connectivity index is 1.23. The van der Waals surface area contributed by atoms with Crippen LogP contribution in [-0.2, 0) is 19.2 Å². The van der Waals surface area contributed by atoms with Crippen molar-refractivity contribution in [2.45, 2.75) is 96.5 Å². The number of hydrogen-bond acceptors (Lipinski definition) is 11. The lowest BCUT2D eigenvalue weighted by Crippen LogP contribution is -2.56. The number of pyridine rings is 1. The molecule has 0 spiro atoms.